The predicted molar refractivity (Wildman–Crippen MR) is 158 cm³/mol. The molecule has 14 heteroatoms. The smallest absolute Gasteiger partial charge is 0.361 e. The minimum Gasteiger partial charge on any atom is -0.361 e. The van der Waals surface area contributed by atoms with E-state index >= 15 is 0 Å². The Morgan fingerprint density at radius 1 is 0.933 bits per heavy atom. The van der Waals surface area contributed by atoms with Crippen molar-refractivity contribution in [2.45, 2.75) is 32.5 Å². The van der Waals surface area contributed by atoms with Gasteiger partial charge >= 0.3 is 18.1 Å². The first kappa shape index (κ1) is 30.9. The van der Waals surface area contributed by atoms with E-state index in [2.05, 4.69) is 26.4 Å². The monoisotopic (exact) mass is 620 g/mol. The van der Waals surface area contributed by atoms with E-state index in [9.17, 15) is 22.8 Å². The minimum atomic E-state index is -4.73. The molecule has 0 bridgehead atoms. The van der Waals surface area contributed by atoms with Crippen LogP contribution in [0.25, 0.3) is 11.1 Å². The molecule has 0 aliphatic carbocycles. The van der Waals surface area contributed by atoms with Gasteiger partial charge in [0.15, 0.2) is 0 Å². The van der Waals surface area contributed by atoms with Crippen molar-refractivity contribution in [3.63, 3.8) is 0 Å². The van der Waals surface area contributed by atoms with Crippen molar-refractivity contribution in [2.75, 3.05) is 22.5 Å². The molecule has 11 nitrogen and oxygen atoms in total. The van der Waals surface area contributed by atoms with Crippen molar-refractivity contribution in [1.82, 2.24) is 10.4 Å². The van der Waals surface area contributed by atoms with Crippen molar-refractivity contribution in [3.8, 4) is 11.1 Å². The van der Waals surface area contributed by atoms with E-state index in [0.717, 1.165) is 34.5 Å². The Balaban J connectivity index is 1.27. The van der Waals surface area contributed by atoms with Gasteiger partial charge < -0.3 is 20.9 Å². The first-order chi connectivity index (χ1) is 21.5. The van der Waals surface area contributed by atoms with Crippen molar-refractivity contribution in [2.24, 2.45) is 5.73 Å². The third-order valence-electron chi connectivity index (χ3n) is 6.89. The van der Waals surface area contributed by atoms with E-state index in [0.29, 0.717) is 11.3 Å². The maximum atomic E-state index is 13.6. The summed E-state index contributed by atoms with van der Waals surface area (Å²) in [5.41, 5.74) is 8.72. The van der Waals surface area contributed by atoms with Crippen LogP contribution in [0.4, 0.5) is 35.2 Å². The van der Waals surface area contributed by atoms with E-state index < -0.39 is 29.7 Å². The van der Waals surface area contributed by atoms with E-state index in [4.69, 9.17) is 14.8 Å². The lowest BCUT2D eigenvalue weighted by Crippen LogP contribution is -2.45. The number of nitrogens with two attached hydrogens (primary N) is 1. The number of carbonyl (C=O) groups is 2. The number of alkyl halides is 3. The molecule has 2 aromatic heterocycles. The number of carbonyl (C=O) groups excluding carboxylic acids is 2. The van der Waals surface area contributed by atoms with Gasteiger partial charge in [-0.3, -0.25) is 14.6 Å². The fourth-order valence-corrected chi connectivity index (χ4v) is 4.82. The number of aryl methyl sites for hydroxylation is 2. The second-order valence-electron chi connectivity index (χ2n) is 10.2. The second-order valence-corrected chi connectivity index (χ2v) is 10.2. The summed E-state index contributed by atoms with van der Waals surface area (Å²) >= 11 is 0. The number of amides is 3. The summed E-state index contributed by atoms with van der Waals surface area (Å²) in [6, 6.07) is 17.7. The summed E-state index contributed by atoms with van der Waals surface area (Å²) in [5, 5.41) is 15.1. The van der Waals surface area contributed by atoms with Crippen LogP contribution in [0.15, 0.2) is 88.0 Å². The van der Waals surface area contributed by atoms with Gasteiger partial charge in [-0.2, -0.15) is 13.2 Å². The maximum absolute atomic E-state index is 13.6. The van der Waals surface area contributed by atoms with E-state index in [1.54, 1.807) is 30.3 Å². The molecule has 0 fully saturated rings. The number of anilines is 3. The van der Waals surface area contributed by atoms with Crippen LogP contribution in [0.3, 0.4) is 0 Å². The molecule has 1 atom stereocenters. The first-order valence-corrected chi connectivity index (χ1v) is 13.8. The molecule has 45 heavy (non-hydrogen) atoms. The van der Waals surface area contributed by atoms with Gasteiger partial charge in [0.1, 0.15) is 5.76 Å². The molecule has 0 spiro atoms. The summed E-state index contributed by atoms with van der Waals surface area (Å²) in [6.07, 6.45) is -3.37. The third-order valence-corrected chi connectivity index (χ3v) is 6.89. The van der Waals surface area contributed by atoms with Gasteiger partial charge in [0.25, 0.3) is 6.20 Å². The average Bonchev–Trinajstić information content (AvgIpc) is 3.58. The number of hydrogen-bond donors (Lipinski definition) is 4. The lowest BCUT2D eigenvalue weighted by molar-refractivity contribution is -0.775. The van der Waals surface area contributed by atoms with Crippen molar-refractivity contribution >= 4 is 29.2 Å². The van der Waals surface area contributed by atoms with Crippen LogP contribution in [0.5, 0.6) is 0 Å². The Hall–Kier alpha value is -5.50. The molecule has 5 rings (SSSR count). The summed E-state index contributed by atoms with van der Waals surface area (Å²) in [4.78, 5) is 25.2. The molecule has 5 aromatic rings. The van der Waals surface area contributed by atoms with E-state index in [1.165, 1.54) is 16.9 Å². The molecule has 0 saturated carbocycles. The number of benzene rings is 3. The zero-order chi connectivity index (χ0) is 32.1. The number of hydrogen-bond acceptors (Lipinski definition) is 7. The van der Waals surface area contributed by atoms with Gasteiger partial charge in [-0.1, -0.05) is 59.8 Å². The number of nitrogens with zero attached hydrogens (tertiary/aromatic N) is 3. The Bertz CT molecular complexity index is 1780. The Morgan fingerprint density at radius 2 is 1.62 bits per heavy atom. The SMILES string of the molecule is Cc1noc(C)c1-c1ccc([C@H](CN)[n+]2cc(NC(=O)Nc3cc(NC(=O)Cc4ccccc4)cc(C(F)(F)F)c3)on2)cc1. The van der Waals surface area contributed by atoms with E-state index in [-0.39, 0.29) is 30.2 Å². The molecule has 3 aromatic carbocycles. The molecule has 0 unspecified atom stereocenters. The van der Waals surface area contributed by atoms with E-state index in [1.807, 2.05) is 38.1 Å². The highest BCUT2D eigenvalue weighted by Crippen LogP contribution is 2.34. The highest BCUT2D eigenvalue weighted by molar-refractivity contribution is 6.00. The first-order valence-electron chi connectivity index (χ1n) is 13.8. The Labute approximate surface area is 255 Å². The fourth-order valence-electron chi connectivity index (χ4n) is 4.82. The molecule has 232 valence electrons. The predicted octanol–water partition coefficient (Wildman–Crippen LogP) is 5.63. The van der Waals surface area contributed by atoms with Crippen molar-refractivity contribution in [3.05, 3.63) is 107 Å². The minimum absolute atomic E-state index is 0.0407. The van der Waals surface area contributed by atoms with Crippen LogP contribution >= 0.6 is 0 Å². The van der Waals surface area contributed by atoms with Gasteiger partial charge in [0, 0.05) is 22.5 Å². The molecule has 0 saturated heterocycles. The summed E-state index contributed by atoms with van der Waals surface area (Å²) < 4.78 is 52.7. The number of rotatable bonds is 9. The molecular weight excluding hydrogens is 591 g/mol. The average molecular weight is 621 g/mol. The molecule has 0 aliphatic rings. The number of aromatic nitrogens is 3. The Morgan fingerprint density at radius 3 is 2.24 bits per heavy atom. The fraction of sp³-hybridized carbons (Fsp3) is 0.194. The molecule has 0 aliphatic heterocycles. The number of halogens is 3. The highest BCUT2D eigenvalue weighted by Gasteiger charge is 2.32. The Kier molecular flexibility index (Phi) is 8.95. The normalized spacial score (nSPS) is 12.0. The molecule has 0 radical (unpaired) electrons. The topological polar surface area (TPSA) is 152 Å². The standard InChI is InChI=1S/C31H28F3N7O4/c1-18-29(19(2)44-39-18)22-10-8-21(9-11-22)26(16-35)41-17-28(45-40-41)38-30(43)37-25-14-23(31(32,33)34)13-24(15-25)36-27(42)12-20-6-4-3-5-7-20/h3-11,13-15,17,26H,12,16,35H2,1-2H3,(H2-,36,37,38,40,42,43)/p+1/t26-/m0/s1. The van der Waals surface area contributed by atoms with Crippen molar-refractivity contribution in [1.29, 1.82) is 0 Å². The summed E-state index contributed by atoms with van der Waals surface area (Å²) in [5.74, 6) is 0.0984. The van der Waals surface area contributed by atoms with Crippen LogP contribution < -0.4 is 26.4 Å². The van der Waals surface area contributed by atoms with Crippen LogP contribution in [0.2, 0.25) is 0 Å². The summed E-state index contributed by atoms with van der Waals surface area (Å²) in [7, 11) is 0. The van der Waals surface area contributed by atoms with Crippen LogP contribution in [-0.2, 0) is 17.4 Å². The summed E-state index contributed by atoms with van der Waals surface area (Å²) in [6.45, 7) is 3.84. The molecule has 5 N–H and O–H groups in total. The van der Waals surface area contributed by atoms with Gasteiger partial charge in [-0.15, -0.1) is 0 Å². The number of nitrogens with one attached hydrogen (secondary N) is 3. The van der Waals surface area contributed by atoms with Crippen LogP contribution in [0, 0.1) is 13.8 Å². The molecule has 3 amide bonds. The molecular formula is C31H29F3N7O4+. The molecule has 2 heterocycles. The zero-order valence-corrected chi connectivity index (χ0v) is 24.2. The van der Waals surface area contributed by atoms with Crippen LogP contribution in [0.1, 0.15) is 34.2 Å². The van der Waals surface area contributed by atoms with Crippen molar-refractivity contribution < 1.29 is 36.5 Å². The third kappa shape index (κ3) is 7.54. The van der Waals surface area contributed by atoms with Crippen LogP contribution in [-0.4, -0.2) is 28.9 Å². The van der Waals surface area contributed by atoms with Gasteiger partial charge in [-0.05, 0) is 47.9 Å². The number of urea groups is 1. The largest absolute Gasteiger partial charge is 0.416 e. The van der Waals surface area contributed by atoms with Gasteiger partial charge in [-0.25, -0.2) is 4.79 Å². The zero-order valence-electron chi connectivity index (χ0n) is 24.2. The van der Waals surface area contributed by atoms with Gasteiger partial charge in [0.2, 0.25) is 17.2 Å². The lowest BCUT2D eigenvalue weighted by Gasteiger charge is -2.14. The second kappa shape index (κ2) is 13.0. The maximum Gasteiger partial charge on any atom is 0.416 e. The van der Waals surface area contributed by atoms with Gasteiger partial charge in [0.05, 0.1) is 24.2 Å². The lowest BCUT2D eigenvalue weighted by atomic mass is 10.00. The quantitative estimate of drug-likeness (QED) is 0.156. The highest BCUT2D eigenvalue weighted by atomic mass is 19.4.